The molecule has 0 unspecified atom stereocenters. The van der Waals surface area contributed by atoms with Crippen molar-refractivity contribution in [2.24, 2.45) is 0 Å². The van der Waals surface area contributed by atoms with E-state index in [0.717, 1.165) is 58.3 Å². The van der Waals surface area contributed by atoms with E-state index in [1.807, 2.05) is 48.0 Å². The molecule has 3 heterocycles. The number of nitrogens with one attached hydrogen (secondary N) is 1. The topological polar surface area (TPSA) is 57.6 Å². The zero-order valence-electron chi connectivity index (χ0n) is 20.0. The molecule has 1 aliphatic rings. The van der Waals surface area contributed by atoms with Gasteiger partial charge in [-0.1, -0.05) is 29.8 Å². The first-order valence-electron chi connectivity index (χ1n) is 11.5. The van der Waals surface area contributed by atoms with E-state index < -0.39 is 0 Å². The molecule has 0 spiro atoms. The average Bonchev–Trinajstić information content (AvgIpc) is 3.48. The monoisotopic (exact) mass is 506 g/mol. The molecule has 1 aliphatic heterocycles. The number of hydrogen-bond acceptors (Lipinski definition) is 5. The summed E-state index contributed by atoms with van der Waals surface area (Å²) in [5.41, 5.74) is 3.39. The van der Waals surface area contributed by atoms with Crippen LogP contribution in [-0.4, -0.2) is 67.0 Å². The van der Waals surface area contributed by atoms with Gasteiger partial charge in [0.1, 0.15) is 0 Å². The van der Waals surface area contributed by atoms with Gasteiger partial charge in [0.05, 0.1) is 11.1 Å². The lowest BCUT2D eigenvalue weighted by atomic mass is 9.95. The fourth-order valence-electron chi connectivity index (χ4n) is 4.56. The molecule has 1 N–H and O–H groups in total. The van der Waals surface area contributed by atoms with E-state index in [2.05, 4.69) is 46.9 Å². The number of hydrogen-bond donors (Lipinski definition) is 1. The van der Waals surface area contributed by atoms with Crippen molar-refractivity contribution in [3.63, 3.8) is 0 Å². The molecule has 0 fully saturated rings. The molecule has 5 rings (SSSR count). The van der Waals surface area contributed by atoms with Crippen LogP contribution in [-0.2, 0) is 16.1 Å². The quantitative estimate of drug-likeness (QED) is 0.356. The van der Waals surface area contributed by atoms with Gasteiger partial charge in [0, 0.05) is 74.9 Å². The van der Waals surface area contributed by atoms with Crippen molar-refractivity contribution in [1.29, 1.82) is 0 Å². The lowest BCUT2D eigenvalue weighted by Gasteiger charge is -2.19. The molecule has 2 amide bonds. The van der Waals surface area contributed by atoms with Crippen LogP contribution in [0.5, 0.6) is 0 Å². The predicted molar refractivity (Wildman–Crippen MR) is 145 cm³/mol. The second-order valence-corrected chi connectivity index (χ2v) is 10.5. The molecule has 0 saturated carbocycles. The SMILES string of the molecule is CN(C)CCN(C)CCn1cc(C2=C(c3csc4ccc(Cl)cc34)C(=O)NC2=O)c2ccccc21. The Morgan fingerprint density at radius 1 is 0.914 bits per heavy atom. The fourth-order valence-corrected chi connectivity index (χ4v) is 5.66. The minimum atomic E-state index is -0.370. The fraction of sp³-hybridized carbons (Fsp3) is 0.259. The van der Waals surface area contributed by atoms with E-state index in [1.54, 1.807) is 0 Å². The Labute approximate surface area is 213 Å². The van der Waals surface area contributed by atoms with Crippen molar-refractivity contribution < 1.29 is 9.59 Å². The number of carbonyl (C=O) groups excluding carboxylic acids is 2. The number of aromatic nitrogens is 1. The van der Waals surface area contributed by atoms with Gasteiger partial charge in [0.25, 0.3) is 11.8 Å². The molecule has 8 heteroatoms. The third kappa shape index (κ3) is 4.52. The van der Waals surface area contributed by atoms with Crippen molar-refractivity contribution in [2.75, 3.05) is 40.8 Å². The number of imide groups is 1. The number of likely N-dealkylation sites (N-methyl/N-ethyl adjacent to an activating group) is 2. The molecule has 0 bridgehead atoms. The Morgan fingerprint density at radius 2 is 1.66 bits per heavy atom. The highest BCUT2D eigenvalue weighted by Crippen LogP contribution is 2.40. The van der Waals surface area contributed by atoms with Crippen molar-refractivity contribution >= 4 is 66.9 Å². The van der Waals surface area contributed by atoms with Crippen LogP contribution in [0.25, 0.3) is 32.1 Å². The van der Waals surface area contributed by atoms with Crippen LogP contribution in [0.15, 0.2) is 54.0 Å². The Hall–Kier alpha value is -2.97. The minimum absolute atomic E-state index is 0.364. The Morgan fingerprint density at radius 3 is 2.43 bits per heavy atom. The maximum absolute atomic E-state index is 13.1. The number of thiophene rings is 1. The van der Waals surface area contributed by atoms with E-state index in [9.17, 15) is 9.59 Å². The number of amides is 2. The molecule has 4 aromatic rings. The molecular formula is C27H27ClN4O2S. The highest BCUT2D eigenvalue weighted by molar-refractivity contribution is 7.17. The Kier molecular flexibility index (Phi) is 6.51. The van der Waals surface area contributed by atoms with Gasteiger partial charge in [0.2, 0.25) is 0 Å². The van der Waals surface area contributed by atoms with Gasteiger partial charge >= 0.3 is 0 Å². The van der Waals surface area contributed by atoms with E-state index in [0.29, 0.717) is 16.2 Å². The Balaban J connectivity index is 1.60. The smallest absolute Gasteiger partial charge is 0.259 e. The number of halogens is 1. The third-order valence-corrected chi connectivity index (χ3v) is 7.64. The first-order chi connectivity index (χ1) is 16.8. The van der Waals surface area contributed by atoms with Gasteiger partial charge in [-0.15, -0.1) is 11.3 Å². The summed E-state index contributed by atoms with van der Waals surface area (Å²) in [6.45, 7) is 3.61. The maximum atomic E-state index is 13.1. The molecule has 2 aromatic heterocycles. The summed E-state index contributed by atoms with van der Waals surface area (Å²) in [7, 11) is 6.26. The van der Waals surface area contributed by atoms with Gasteiger partial charge in [0.15, 0.2) is 0 Å². The predicted octanol–water partition coefficient (Wildman–Crippen LogP) is 4.57. The van der Waals surface area contributed by atoms with Crippen LogP contribution in [0.1, 0.15) is 11.1 Å². The first kappa shape index (κ1) is 23.8. The van der Waals surface area contributed by atoms with Crippen LogP contribution in [0.2, 0.25) is 5.02 Å². The maximum Gasteiger partial charge on any atom is 0.259 e. The van der Waals surface area contributed by atoms with Gasteiger partial charge in [-0.3, -0.25) is 14.9 Å². The average molecular weight is 507 g/mol. The third-order valence-electron chi connectivity index (χ3n) is 6.45. The van der Waals surface area contributed by atoms with Crippen LogP contribution < -0.4 is 5.32 Å². The second kappa shape index (κ2) is 9.59. The largest absolute Gasteiger partial charge is 0.346 e. The minimum Gasteiger partial charge on any atom is -0.346 e. The van der Waals surface area contributed by atoms with Crippen molar-refractivity contribution in [3.8, 4) is 0 Å². The normalized spacial score (nSPS) is 14.3. The summed E-state index contributed by atoms with van der Waals surface area (Å²) in [4.78, 5) is 30.6. The Bertz CT molecular complexity index is 1480. The van der Waals surface area contributed by atoms with Gasteiger partial charge < -0.3 is 14.4 Å². The second-order valence-electron chi connectivity index (χ2n) is 9.18. The number of nitrogens with zero attached hydrogens (tertiary/aromatic N) is 3. The standard InChI is InChI=1S/C27H27ClN4O2S/c1-30(2)10-11-31(3)12-13-32-15-20(18-6-4-5-7-22(18)32)24-25(27(34)29-26(24)33)21-16-35-23-9-8-17(28)14-19(21)23/h4-9,14-16H,10-13H2,1-3H3,(H,29,33,34). The number of para-hydroxylation sites is 1. The summed E-state index contributed by atoms with van der Waals surface area (Å²) in [5, 5.41) is 6.90. The van der Waals surface area contributed by atoms with E-state index in [4.69, 9.17) is 11.6 Å². The lowest BCUT2D eigenvalue weighted by molar-refractivity contribution is -0.122. The molecule has 0 atom stereocenters. The number of carbonyl (C=O) groups is 2. The summed E-state index contributed by atoms with van der Waals surface area (Å²) >= 11 is 7.80. The number of rotatable bonds is 8. The molecule has 0 aliphatic carbocycles. The summed E-state index contributed by atoms with van der Waals surface area (Å²) in [5.74, 6) is -0.734. The zero-order valence-corrected chi connectivity index (χ0v) is 21.5. The molecule has 6 nitrogen and oxygen atoms in total. The van der Waals surface area contributed by atoms with Crippen LogP contribution in [0.3, 0.4) is 0 Å². The highest BCUT2D eigenvalue weighted by atomic mass is 35.5. The molecule has 180 valence electrons. The molecule has 0 saturated heterocycles. The van der Waals surface area contributed by atoms with Gasteiger partial charge in [-0.25, -0.2) is 0 Å². The van der Waals surface area contributed by atoms with Crippen LogP contribution in [0.4, 0.5) is 0 Å². The van der Waals surface area contributed by atoms with Crippen molar-refractivity contribution in [3.05, 3.63) is 70.2 Å². The zero-order chi connectivity index (χ0) is 24.7. The molecular weight excluding hydrogens is 480 g/mol. The van der Waals surface area contributed by atoms with Crippen molar-refractivity contribution in [2.45, 2.75) is 6.54 Å². The van der Waals surface area contributed by atoms with Crippen molar-refractivity contribution in [1.82, 2.24) is 19.7 Å². The number of fused-ring (bicyclic) bond motifs is 2. The summed E-state index contributed by atoms with van der Waals surface area (Å²) in [6, 6.07) is 13.7. The number of benzene rings is 2. The van der Waals surface area contributed by atoms with E-state index in [-0.39, 0.29) is 11.8 Å². The highest BCUT2D eigenvalue weighted by Gasteiger charge is 2.35. The molecule has 0 radical (unpaired) electrons. The molecule has 2 aromatic carbocycles. The molecule has 35 heavy (non-hydrogen) atoms. The summed E-state index contributed by atoms with van der Waals surface area (Å²) in [6.07, 6.45) is 2.01. The van der Waals surface area contributed by atoms with Gasteiger partial charge in [-0.2, -0.15) is 0 Å². The summed E-state index contributed by atoms with van der Waals surface area (Å²) < 4.78 is 3.20. The lowest BCUT2D eigenvalue weighted by Crippen LogP contribution is -2.30. The van der Waals surface area contributed by atoms with E-state index in [1.165, 1.54) is 11.3 Å². The van der Waals surface area contributed by atoms with Gasteiger partial charge in [-0.05, 0) is 45.4 Å². The first-order valence-corrected chi connectivity index (χ1v) is 12.8. The van der Waals surface area contributed by atoms with Crippen LogP contribution >= 0.6 is 22.9 Å². The van der Waals surface area contributed by atoms with E-state index >= 15 is 0 Å². The van der Waals surface area contributed by atoms with Crippen LogP contribution in [0, 0.1) is 0 Å².